The van der Waals surface area contributed by atoms with Crippen molar-refractivity contribution in [2.24, 2.45) is 5.73 Å². The first-order valence-corrected chi connectivity index (χ1v) is 6.80. The summed E-state index contributed by atoms with van der Waals surface area (Å²) in [5, 5.41) is 0. The summed E-state index contributed by atoms with van der Waals surface area (Å²) in [5.41, 5.74) is 7.96. The van der Waals surface area contributed by atoms with Gasteiger partial charge in [-0.25, -0.2) is 0 Å². The van der Waals surface area contributed by atoms with Gasteiger partial charge in [-0.15, -0.1) is 0 Å². The highest BCUT2D eigenvalue weighted by Crippen LogP contribution is 2.22. The molecule has 0 saturated carbocycles. The van der Waals surface area contributed by atoms with Crippen LogP contribution in [0.4, 0.5) is 0 Å². The Labute approximate surface area is 114 Å². The number of likely N-dealkylation sites (tertiary alicyclic amines) is 1. The second-order valence-corrected chi connectivity index (χ2v) is 5.23. The lowest BCUT2D eigenvalue weighted by Crippen LogP contribution is -2.44. The molecule has 1 aromatic carbocycles. The van der Waals surface area contributed by atoms with Gasteiger partial charge in [0.2, 0.25) is 0 Å². The van der Waals surface area contributed by atoms with Crippen LogP contribution in [-0.4, -0.2) is 36.5 Å². The molecule has 1 aliphatic heterocycles. The van der Waals surface area contributed by atoms with E-state index in [4.69, 9.17) is 10.5 Å². The van der Waals surface area contributed by atoms with Crippen LogP contribution in [0.15, 0.2) is 18.2 Å². The maximum Gasteiger partial charge on any atom is 0.260 e. The molecule has 1 aliphatic rings. The highest BCUT2D eigenvalue weighted by atomic mass is 16.5. The standard InChI is InChI=1S/C15H22N2O2/c1-11-4-3-5-12(2)15(11)19-10-14(18)17-8-6-13(16)7-9-17/h3-5,13H,6-10,16H2,1-2H3. The van der Waals surface area contributed by atoms with Crippen molar-refractivity contribution < 1.29 is 9.53 Å². The molecule has 0 bridgehead atoms. The molecule has 0 radical (unpaired) electrons. The number of hydrogen-bond acceptors (Lipinski definition) is 3. The molecule has 0 spiro atoms. The third-order valence-electron chi connectivity index (χ3n) is 3.64. The van der Waals surface area contributed by atoms with Crippen LogP contribution in [0, 0.1) is 13.8 Å². The zero-order valence-corrected chi connectivity index (χ0v) is 11.7. The quantitative estimate of drug-likeness (QED) is 0.901. The van der Waals surface area contributed by atoms with Gasteiger partial charge in [0.1, 0.15) is 5.75 Å². The van der Waals surface area contributed by atoms with E-state index in [1.54, 1.807) is 0 Å². The predicted molar refractivity (Wildman–Crippen MR) is 75.2 cm³/mol. The van der Waals surface area contributed by atoms with Crippen molar-refractivity contribution in [3.05, 3.63) is 29.3 Å². The number of para-hydroxylation sites is 1. The van der Waals surface area contributed by atoms with Crippen LogP contribution in [0.5, 0.6) is 5.75 Å². The number of ether oxygens (including phenoxy) is 1. The molecule has 1 aromatic rings. The number of carbonyl (C=O) groups excluding carboxylic acids is 1. The molecule has 2 rings (SSSR count). The van der Waals surface area contributed by atoms with E-state index in [0.29, 0.717) is 0 Å². The van der Waals surface area contributed by atoms with Gasteiger partial charge in [-0.05, 0) is 37.8 Å². The van der Waals surface area contributed by atoms with Crippen LogP contribution in [0.2, 0.25) is 0 Å². The van der Waals surface area contributed by atoms with E-state index in [2.05, 4.69) is 0 Å². The molecule has 1 amide bonds. The van der Waals surface area contributed by atoms with Gasteiger partial charge in [0.15, 0.2) is 6.61 Å². The number of carbonyl (C=O) groups is 1. The van der Waals surface area contributed by atoms with Crippen LogP contribution >= 0.6 is 0 Å². The third-order valence-corrected chi connectivity index (χ3v) is 3.64. The van der Waals surface area contributed by atoms with Gasteiger partial charge in [-0.1, -0.05) is 18.2 Å². The van der Waals surface area contributed by atoms with Crippen LogP contribution in [0.25, 0.3) is 0 Å². The average molecular weight is 262 g/mol. The SMILES string of the molecule is Cc1cccc(C)c1OCC(=O)N1CCC(N)CC1. The third kappa shape index (κ3) is 3.47. The second kappa shape index (κ2) is 6.06. The molecule has 0 unspecified atom stereocenters. The molecule has 0 atom stereocenters. The van der Waals surface area contributed by atoms with Crippen molar-refractivity contribution >= 4 is 5.91 Å². The van der Waals surface area contributed by atoms with Crippen LogP contribution in [0.3, 0.4) is 0 Å². The first kappa shape index (κ1) is 13.9. The van der Waals surface area contributed by atoms with Gasteiger partial charge < -0.3 is 15.4 Å². The van der Waals surface area contributed by atoms with Gasteiger partial charge in [0, 0.05) is 19.1 Å². The molecule has 4 nitrogen and oxygen atoms in total. The summed E-state index contributed by atoms with van der Waals surface area (Å²) in [4.78, 5) is 13.9. The van der Waals surface area contributed by atoms with Crippen molar-refractivity contribution in [1.29, 1.82) is 0 Å². The number of hydrogen-bond donors (Lipinski definition) is 1. The van der Waals surface area contributed by atoms with Crippen LogP contribution < -0.4 is 10.5 Å². The molecular weight excluding hydrogens is 240 g/mol. The summed E-state index contributed by atoms with van der Waals surface area (Å²) >= 11 is 0. The van der Waals surface area contributed by atoms with Gasteiger partial charge in [-0.2, -0.15) is 0 Å². The number of benzene rings is 1. The van der Waals surface area contributed by atoms with E-state index in [0.717, 1.165) is 42.8 Å². The Morgan fingerprint density at radius 1 is 1.32 bits per heavy atom. The summed E-state index contributed by atoms with van der Waals surface area (Å²) in [6.45, 7) is 5.59. The topological polar surface area (TPSA) is 55.6 Å². The lowest BCUT2D eigenvalue weighted by molar-refractivity contribution is -0.134. The number of nitrogens with zero attached hydrogens (tertiary/aromatic N) is 1. The van der Waals surface area contributed by atoms with E-state index in [9.17, 15) is 4.79 Å². The predicted octanol–water partition coefficient (Wildman–Crippen LogP) is 1.63. The lowest BCUT2D eigenvalue weighted by Gasteiger charge is -2.30. The Morgan fingerprint density at radius 2 is 1.89 bits per heavy atom. The molecule has 0 aliphatic carbocycles. The number of nitrogens with two attached hydrogens (primary N) is 1. The number of amides is 1. The molecule has 1 heterocycles. The molecule has 104 valence electrons. The highest BCUT2D eigenvalue weighted by Gasteiger charge is 2.21. The fraction of sp³-hybridized carbons (Fsp3) is 0.533. The second-order valence-electron chi connectivity index (χ2n) is 5.23. The minimum atomic E-state index is 0.0505. The Balaban J connectivity index is 1.90. The zero-order valence-electron chi connectivity index (χ0n) is 11.7. The van der Waals surface area contributed by atoms with Gasteiger partial charge >= 0.3 is 0 Å². The highest BCUT2D eigenvalue weighted by molar-refractivity contribution is 5.78. The van der Waals surface area contributed by atoms with Gasteiger partial charge in [0.25, 0.3) is 5.91 Å². The molecule has 1 fully saturated rings. The van der Waals surface area contributed by atoms with Gasteiger partial charge in [-0.3, -0.25) is 4.79 Å². The summed E-state index contributed by atoms with van der Waals surface area (Å²) in [5.74, 6) is 0.874. The number of rotatable bonds is 3. The summed E-state index contributed by atoms with van der Waals surface area (Å²) < 4.78 is 5.69. The summed E-state index contributed by atoms with van der Waals surface area (Å²) in [7, 11) is 0. The van der Waals surface area contributed by atoms with Crippen molar-refractivity contribution in [2.45, 2.75) is 32.7 Å². The summed E-state index contributed by atoms with van der Waals surface area (Å²) in [6, 6.07) is 6.22. The minimum absolute atomic E-state index is 0.0505. The van der Waals surface area contributed by atoms with Crippen LogP contribution in [-0.2, 0) is 4.79 Å². The normalized spacial score (nSPS) is 16.5. The van der Waals surface area contributed by atoms with E-state index in [1.165, 1.54) is 0 Å². The molecule has 1 saturated heterocycles. The van der Waals surface area contributed by atoms with Crippen molar-refractivity contribution in [1.82, 2.24) is 4.90 Å². The molecule has 2 N–H and O–H groups in total. The smallest absolute Gasteiger partial charge is 0.260 e. The molecule has 0 aromatic heterocycles. The molecule has 4 heteroatoms. The van der Waals surface area contributed by atoms with Crippen molar-refractivity contribution in [2.75, 3.05) is 19.7 Å². The van der Waals surface area contributed by atoms with E-state index < -0.39 is 0 Å². The number of piperidine rings is 1. The Bertz CT molecular complexity index is 431. The Hall–Kier alpha value is -1.55. The number of aryl methyl sites for hydroxylation is 2. The van der Waals surface area contributed by atoms with Crippen molar-refractivity contribution in [3.8, 4) is 5.75 Å². The zero-order chi connectivity index (χ0) is 13.8. The van der Waals surface area contributed by atoms with E-state index in [1.807, 2.05) is 36.9 Å². The fourth-order valence-electron chi connectivity index (χ4n) is 2.40. The van der Waals surface area contributed by atoms with E-state index >= 15 is 0 Å². The fourth-order valence-corrected chi connectivity index (χ4v) is 2.40. The van der Waals surface area contributed by atoms with E-state index in [-0.39, 0.29) is 18.6 Å². The lowest BCUT2D eigenvalue weighted by atomic mass is 10.1. The van der Waals surface area contributed by atoms with Gasteiger partial charge in [0.05, 0.1) is 0 Å². The molecular formula is C15H22N2O2. The Morgan fingerprint density at radius 3 is 2.47 bits per heavy atom. The molecule has 19 heavy (non-hydrogen) atoms. The average Bonchev–Trinajstić information content (AvgIpc) is 2.38. The largest absolute Gasteiger partial charge is 0.483 e. The first-order chi connectivity index (χ1) is 9.08. The first-order valence-electron chi connectivity index (χ1n) is 6.80. The van der Waals surface area contributed by atoms with Crippen LogP contribution in [0.1, 0.15) is 24.0 Å². The Kier molecular flexibility index (Phi) is 4.43. The maximum atomic E-state index is 12.1. The minimum Gasteiger partial charge on any atom is -0.483 e. The summed E-state index contributed by atoms with van der Waals surface area (Å²) in [6.07, 6.45) is 1.77. The maximum absolute atomic E-state index is 12.1. The monoisotopic (exact) mass is 262 g/mol. The van der Waals surface area contributed by atoms with Crippen molar-refractivity contribution in [3.63, 3.8) is 0 Å².